The van der Waals surface area contributed by atoms with Gasteiger partial charge in [-0.2, -0.15) is 0 Å². The number of fused-ring (bicyclic) bond motifs is 2. The van der Waals surface area contributed by atoms with E-state index in [1.54, 1.807) is 50.4 Å². The number of aryl methyl sites for hydroxylation is 1. The van der Waals surface area contributed by atoms with E-state index in [1.165, 1.54) is 0 Å². The molecule has 0 saturated heterocycles. The van der Waals surface area contributed by atoms with Crippen molar-refractivity contribution in [2.24, 2.45) is 0 Å². The maximum atomic E-state index is 12.1. The fourth-order valence-electron chi connectivity index (χ4n) is 3.26. The Labute approximate surface area is 178 Å². The number of rotatable bonds is 7. The van der Waals surface area contributed by atoms with Gasteiger partial charge in [-0.3, -0.25) is 4.79 Å². The van der Waals surface area contributed by atoms with Crippen LogP contribution in [0.4, 0.5) is 0 Å². The molecule has 1 amide bonds. The second-order valence-electron chi connectivity index (χ2n) is 7.02. The van der Waals surface area contributed by atoms with Gasteiger partial charge in [0.15, 0.2) is 0 Å². The zero-order valence-electron chi connectivity index (χ0n) is 17.1. The number of aliphatic hydroxyl groups excluding tert-OH is 2. The van der Waals surface area contributed by atoms with Crippen LogP contribution in [0.15, 0.2) is 52.9 Å². The molecular formula is C23H22N2O6. The maximum absolute atomic E-state index is 12.1. The molecule has 31 heavy (non-hydrogen) atoms. The lowest BCUT2D eigenvalue weighted by atomic mass is 10.1. The van der Waals surface area contributed by atoms with Crippen LogP contribution < -0.4 is 14.8 Å². The van der Waals surface area contributed by atoms with E-state index in [2.05, 4.69) is 10.3 Å². The molecule has 8 heteroatoms. The third-order valence-electron chi connectivity index (χ3n) is 4.81. The summed E-state index contributed by atoms with van der Waals surface area (Å²) in [5.41, 5.74) is 1.71. The standard InChI is InChI=1S/C23H22N2O6/c1-13-22(23(28)24-2)18-7-6-17(10-20(18)30-13)31-21-8-4-14-3-5-16(9-19(14)25-21)29-12-15(27)11-26/h3-10,15,26-27H,11-12H2,1-2H3,(H,24,28). The summed E-state index contributed by atoms with van der Waals surface area (Å²) in [6.45, 7) is 1.36. The molecule has 2 aromatic carbocycles. The highest BCUT2D eigenvalue weighted by Gasteiger charge is 2.17. The Morgan fingerprint density at radius 2 is 1.94 bits per heavy atom. The Kier molecular flexibility index (Phi) is 5.75. The first-order chi connectivity index (χ1) is 15.0. The molecule has 2 aromatic heterocycles. The zero-order valence-corrected chi connectivity index (χ0v) is 17.1. The molecule has 4 aromatic rings. The number of benzene rings is 2. The van der Waals surface area contributed by atoms with Crippen molar-refractivity contribution in [3.63, 3.8) is 0 Å². The lowest BCUT2D eigenvalue weighted by Gasteiger charge is -2.11. The molecule has 3 N–H and O–H groups in total. The third-order valence-corrected chi connectivity index (χ3v) is 4.81. The van der Waals surface area contributed by atoms with Gasteiger partial charge in [-0.25, -0.2) is 4.98 Å². The van der Waals surface area contributed by atoms with Crippen LogP contribution in [0.5, 0.6) is 17.4 Å². The predicted octanol–water partition coefficient (Wildman–Crippen LogP) is 3.17. The van der Waals surface area contributed by atoms with Gasteiger partial charge < -0.3 is 29.4 Å². The number of aliphatic hydroxyl groups is 2. The Hall–Kier alpha value is -3.62. The summed E-state index contributed by atoms with van der Waals surface area (Å²) in [5.74, 6) is 1.77. The molecule has 0 radical (unpaired) electrons. The quantitative estimate of drug-likeness (QED) is 0.419. The van der Waals surface area contributed by atoms with Gasteiger partial charge in [0.05, 0.1) is 17.7 Å². The predicted molar refractivity (Wildman–Crippen MR) is 115 cm³/mol. The summed E-state index contributed by atoms with van der Waals surface area (Å²) in [6.07, 6.45) is -0.942. The van der Waals surface area contributed by atoms with E-state index in [0.717, 1.165) is 5.39 Å². The monoisotopic (exact) mass is 422 g/mol. The fraction of sp³-hybridized carbons (Fsp3) is 0.217. The molecule has 0 aliphatic carbocycles. The first kappa shape index (κ1) is 20.6. The number of ether oxygens (including phenoxy) is 2. The van der Waals surface area contributed by atoms with Gasteiger partial charge >= 0.3 is 0 Å². The Morgan fingerprint density at radius 1 is 1.16 bits per heavy atom. The molecule has 0 bridgehead atoms. The lowest BCUT2D eigenvalue weighted by molar-refractivity contribution is 0.0536. The van der Waals surface area contributed by atoms with Gasteiger partial charge in [0.2, 0.25) is 5.88 Å². The van der Waals surface area contributed by atoms with Crippen molar-refractivity contribution in [3.05, 3.63) is 59.9 Å². The van der Waals surface area contributed by atoms with Crippen LogP contribution in [0.2, 0.25) is 0 Å². The van der Waals surface area contributed by atoms with Crippen molar-refractivity contribution in [1.29, 1.82) is 0 Å². The average Bonchev–Trinajstić information content (AvgIpc) is 3.11. The summed E-state index contributed by atoms with van der Waals surface area (Å²) in [7, 11) is 1.58. The number of pyridine rings is 1. The second-order valence-corrected chi connectivity index (χ2v) is 7.02. The lowest BCUT2D eigenvalue weighted by Crippen LogP contribution is -2.21. The minimum atomic E-state index is -0.942. The largest absolute Gasteiger partial charge is 0.491 e. The summed E-state index contributed by atoms with van der Waals surface area (Å²) in [5, 5.41) is 22.6. The van der Waals surface area contributed by atoms with Gasteiger partial charge in [-0.05, 0) is 37.3 Å². The van der Waals surface area contributed by atoms with Crippen LogP contribution in [0.25, 0.3) is 21.9 Å². The molecule has 0 fully saturated rings. The molecule has 1 atom stereocenters. The maximum Gasteiger partial charge on any atom is 0.255 e. The number of hydrogen-bond acceptors (Lipinski definition) is 7. The first-order valence-corrected chi connectivity index (χ1v) is 9.74. The highest BCUT2D eigenvalue weighted by molar-refractivity contribution is 6.07. The number of nitrogens with zero attached hydrogens (tertiary/aromatic N) is 1. The van der Waals surface area contributed by atoms with Crippen molar-refractivity contribution in [2.45, 2.75) is 13.0 Å². The SMILES string of the molecule is CNC(=O)c1c(C)oc2cc(Oc3ccc4ccc(OCC(O)CO)cc4n3)ccc12. The minimum absolute atomic E-state index is 0.0151. The molecule has 160 valence electrons. The molecule has 0 saturated carbocycles. The van der Waals surface area contributed by atoms with Gasteiger partial charge in [-0.15, -0.1) is 0 Å². The van der Waals surface area contributed by atoms with E-state index >= 15 is 0 Å². The second kappa shape index (κ2) is 8.63. The number of hydrogen-bond donors (Lipinski definition) is 3. The normalized spacial score (nSPS) is 12.1. The summed E-state index contributed by atoms with van der Waals surface area (Å²) in [6, 6.07) is 14.2. The summed E-state index contributed by atoms with van der Waals surface area (Å²) < 4.78 is 17.1. The Balaban J connectivity index is 1.58. The van der Waals surface area contributed by atoms with Crippen LogP contribution >= 0.6 is 0 Å². The Bertz CT molecular complexity index is 1250. The number of nitrogens with one attached hydrogen (secondary N) is 1. The van der Waals surface area contributed by atoms with Crippen molar-refractivity contribution in [3.8, 4) is 17.4 Å². The van der Waals surface area contributed by atoms with Gasteiger partial charge in [-0.1, -0.05) is 0 Å². The molecular weight excluding hydrogens is 400 g/mol. The van der Waals surface area contributed by atoms with Gasteiger partial charge in [0.25, 0.3) is 5.91 Å². The van der Waals surface area contributed by atoms with Crippen LogP contribution in [-0.4, -0.2) is 47.5 Å². The minimum Gasteiger partial charge on any atom is -0.491 e. The van der Waals surface area contributed by atoms with Crippen molar-refractivity contribution >= 4 is 27.8 Å². The van der Waals surface area contributed by atoms with Crippen molar-refractivity contribution < 1.29 is 28.9 Å². The third kappa shape index (κ3) is 4.30. The van der Waals surface area contributed by atoms with Gasteiger partial charge in [0, 0.05) is 36.0 Å². The fourth-order valence-corrected chi connectivity index (χ4v) is 3.26. The van der Waals surface area contributed by atoms with Crippen LogP contribution in [0.3, 0.4) is 0 Å². The summed E-state index contributed by atoms with van der Waals surface area (Å²) >= 11 is 0. The molecule has 0 aliphatic rings. The molecule has 0 spiro atoms. The van der Waals surface area contributed by atoms with E-state index in [1.807, 2.05) is 12.1 Å². The van der Waals surface area contributed by atoms with E-state index in [4.69, 9.17) is 19.0 Å². The van der Waals surface area contributed by atoms with Crippen LogP contribution in [-0.2, 0) is 0 Å². The average molecular weight is 422 g/mol. The molecule has 8 nitrogen and oxygen atoms in total. The topological polar surface area (TPSA) is 114 Å². The van der Waals surface area contributed by atoms with E-state index in [9.17, 15) is 9.90 Å². The van der Waals surface area contributed by atoms with Crippen LogP contribution in [0.1, 0.15) is 16.1 Å². The number of carbonyl (C=O) groups is 1. The van der Waals surface area contributed by atoms with E-state index in [0.29, 0.717) is 45.2 Å². The number of furan rings is 1. The number of amides is 1. The zero-order chi connectivity index (χ0) is 22.0. The van der Waals surface area contributed by atoms with Crippen molar-refractivity contribution in [1.82, 2.24) is 10.3 Å². The highest BCUT2D eigenvalue weighted by atomic mass is 16.5. The molecule has 0 aliphatic heterocycles. The number of carbonyl (C=O) groups excluding carboxylic acids is 1. The highest BCUT2D eigenvalue weighted by Crippen LogP contribution is 2.31. The van der Waals surface area contributed by atoms with E-state index in [-0.39, 0.29) is 19.1 Å². The van der Waals surface area contributed by atoms with Gasteiger partial charge in [0.1, 0.15) is 35.6 Å². The smallest absolute Gasteiger partial charge is 0.255 e. The summed E-state index contributed by atoms with van der Waals surface area (Å²) in [4.78, 5) is 16.6. The molecule has 4 rings (SSSR count). The van der Waals surface area contributed by atoms with Crippen LogP contribution in [0, 0.1) is 6.92 Å². The molecule has 2 heterocycles. The van der Waals surface area contributed by atoms with E-state index < -0.39 is 6.10 Å². The molecule has 1 unspecified atom stereocenters. The Morgan fingerprint density at radius 3 is 2.71 bits per heavy atom. The first-order valence-electron chi connectivity index (χ1n) is 9.74. The number of aromatic nitrogens is 1. The van der Waals surface area contributed by atoms with Crippen molar-refractivity contribution in [2.75, 3.05) is 20.3 Å².